The molecule has 0 saturated carbocycles. The van der Waals surface area contributed by atoms with E-state index in [1.165, 1.54) is 0 Å². The fourth-order valence-corrected chi connectivity index (χ4v) is 3.24. The molecule has 96 valence electrons. The molecule has 0 radical (unpaired) electrons. The van der Waals surface area contributed by atoms with Crippen molar-refractivity contribution in [2.75, 3.05) is 13.1 Å². The summed E-state index contributed by atoms with van der Waals surface area (Å²) in [7, 11) is 0. The first-order valence-electron chi connectivity index (χ1n) is 6.39. The summed E-state index contributed by atoms with van der Waals surface area (Å²) in [5.74, 6) is 0.396. The first kappa shape index (κ1) is 11.5. The zero-order valence-corrected chi connectivity index (χ0v) is 10.3. The van der Waals surface area contributed by atoms with Crippen LogP contribution in [0.15, 0.2) is 23.1 Å². The van der Waals surface area contributed by atoms with Gasteiger partial charge in [-0.25, -0.2) is 0 Å². The second-order valence-corrected chi connectivity index (χ2v) is 5.20. The van der Waals surface area contributed by atoms with Crippen molar-refractivity contribution in [2.24, 2.45) is 5.92 Å². The molecule has 3 unspecified atom stereocenters. The molecule has 5 nitrogen and oxygen atoms in total. The molecule has 2 fully saturated rings. The van der Waals surface area contributed by atoms with Gasteiger partial charge in [0.2, 0.25) is 0 Å². The number of aromatic amines is 1. The molecule has 2 aliphatic heterocycles. The lowest BCUT2D eigenvalue weighted by atomic mass is 10.0. The fraction of sp³-hybridized carbons (Fsp3) is 0.538. The highest BCUT2D eigenvalue weighted by atomic mass is 16.2. The Hall–Kier alpha value is -1.62. The monoisotopic (exact) mass is 247 g/mol. The third-order valence-corrected chi connectivity index (χ3v) is 4.06. The molecule has 18 heavy (non-hydrogen) atoms. The van der Waals surface area contributed by atoms with Gasteiger partial charge in [0.15, 0.2) is 0 Å². The van der Waals surface area contributed by atoms with Crippen molar-refractivity contribution in [3.05, 3.63) is 34.2 Å². The highest BCUT2D eigenvalue weighted by Crippen LogP contribution is 2.32. The van der Waals surface area contributed by atoms with Gasteiger partial charge < -0.3 is 15.2 Å². The summed E-state index contributed by atoms with van der Waals surface area (Å²) in [6, 6.07) is 3.75. The lowest BCUT2D eigenvalue weighted by molar-refractivity contribution is 0.0680. The number of nitrogens with zero attached hydrogens (tertiary/aromatic N) is 1. The van der Waals surface area contributed by atoms with E-state index in [1.54, 1.807) is 18.3 Å². The molecule has 0 spiro atoms. The molecule has 2 saturated heterocycles. The van der Waals surface area contributed by atoms with E-state index in [2.05, 4.69) is 17.2 Å². The number of aromatic nitrogens is 1. The number of hydrogen-bond donors (Lipinski definition) is 2. The van der Waals surface area contributed by atoms with E-state index in [0.29, 0.717) is 5.92 Å². The molecule has 1 amide bonds. The van der Waals surface area contributed by atoms with Crippen LogP contribution in [0.1, 0.15) is 23.7 Å². The predicted octanol–water partition coefficient (Wildman–Crippen LogP) is 0.197. The Morgan fingerprint density at radius 1 is 1.44 bits per heavy atom. The van der Waals surface area contributed by atoms with Crippen LogP contribution in [-0.4, -0.2) is 41.0 Å². The molecule has 2 N–H and O–H groups in total. The van der Waals surface area contributed by atoms with E-state index in [0.717, 1.165) is 19.5 Å². The summed E-state index contributed by atoms with van der Waals surface area (Å²) >= 11 is 0. The van der Waals surface area contributed by atoms with E-state index < -0.39 is 0 Å². The van der Waals surface area contributed by atoms with Crippen LogP contribution in [0.4, 0.5) is 0 Å². The topological polar surface area (TPSA) is 65.2 Å². The molecule has 3 atom stereocenters. The molecule has 5 heteroatoms. The molecule has 1 aromatic rings. The van der Waals surface area contributed by atoms with Crippen LogP contribution >= 0.6 is 0 Å². The molecular formula is C13H17N3O2. The van der Waals surface area contributed by atoms with Crippen molar-refractivity contribution in [3.8, 4) is 0 Å². The van der Waals surface area contributed by atoms with Crippen molar-refractivity contribution in [3.63, 3.8) is 0 Å². The lowest BCUT2D eigenvalue weighted by Crippen LogP contribution is -2.44. The molecule has 3 rings (SSSR count). The summed E-state index contributed by atoms with van der Waals surface area (Å²) in [6.07, 6.45) is 2.57. The van der Waals surface area contributed by atoms with E-state index >= 15 is 0 Å². The summed E-state index contributed by atoms with van der Waals surface area (Å²) in [5, 5.41) is 3.32. The van der Waals surface area contributed by atoms with Gasteiger partial charge in [-0.05, 0) is 31.4 Å². The first-order valence-corrected chi connectivity index (χ1v) is 6.39. The van der Waals surface area contributed by atoms with E-state index in [1.807, 2.05) is 4.90 Å². The Labute approximate surface area is 105 Å². The summed E-state index contributed by atoms with van der Waals surface area (Å²) in [4.78, 5) is 28.6. The summed E-state index contributed by atoms with van der Waals surface area (Å²) in [5.41, 5.74) is -0.0546. The second kappa shape index (κ2) is 4.24. The maximum atomic E-state index is 12.5. The van der Waals surface area contributed by atoms with Gasteiger partial charge in [-0.15, -0.1) is 0 Å². The quantitative estimate of drug-likeness (QED) is 0.745. The van der Waals surface area contributed by atoms with E-state index in [9.17, 15) is 9.59 Å². The average molecular weight is 247 g/mol. The van der Waals surface area contributed by atoms with Crippen LogP contribution in [0, 0.1) is 5.92 Å². The number of amides is 1. The maximum Gasteiger partial charge on any atom is 0.260 e. The SMILES string of the molecule is CC1CC2CNCC2N1C(=O)c1ccc[nH]c1=O. The number of carbonyl (C=O) groups is 1. The summed E-state index contributed by atoms with van der Waals surface area (Å²) < 4.78 is 0. The van der Waals surface area contributed by atoms with E-state index in [-0.39, 0.29) is 29.1 Å². The third kappa shape index (κ3) is 1.66. The first-order chi connectivity index (χ1) is 8.68. The van der Waals surface area contributed by atoms with Crippen molar-refractivity contribution in [1.82, 2.24) is 15.2 Å². The van der Waals surface area contributed by atoms with Gasteiger partial charge in [0.25, 0.3) is 11.5 Å². The van der Waals surface area contributed by atoms with Gasteiger partial charge in [0.05, 0.1) is 0 Å². The second-order valence-electron chi connectivity index (χ2n) is 5.20. The number of carbonyl (C=O) groups excluding carboxylic acids is 1. The van der Waals surface area contributed by atoms with Crippen molar-refractivity contribution in [1.29, 1.82) is 0 Å². The van der Waals surface area contributed by atoms with Gasteiger partial charge in [0.1, 0.15) is 5.56 Å². The maximum absolute atomic E-state index is 12.5. The largest absolute Gasteiger partial charge is 0.331 e. The summed E-state index contributed by atoms with van der Waals surface area (Å²) in [6.45, 7) is 3.88. The number of nitrogens with one attached hydrogen (secondary N) is 2. The minimum atomic E-state index is -0.302. The lowest BCUT2D eigenvalue weighted by Gasteiger charge is -2.27. The highest BCUT2D eigenvalue weighted by Gasteiger charge is 2.44. The molecule has 0 bridgehead atoms. The van der Waals surface area contributed by atoms with Crippen LogP contribution in [0.25, 0.3) is 0 Å². The van der Waals surface area contributed by atoms with Crippen LogP contribution in [0.2, 0.25) is 0 Å². The normalized spacial score (nSPS) is 30.5. The van der Waals surface area contributed by atoms with Crippen molar-refractivity contribution < 1.29 is 4.79 Å². The van der Waals surface area contributed by atoms with Crippen LogP contribution in [0.5, 0.6) is 0 Å². The van der Waals surface area contributed by atoms with Crippen LogP contribution < -0.4 is 10.9 Å². The van der Waals surface area contributed by atoms with E-state index in [4.69, 9.17) is 0 Å². The molecule has 0 aliphatic carbocycles. The number of likely N-dealkylation sites (tertiary alicyclic amines) is 1. The minimum absolute atomic E-state index is 0.138. The smallest absolute Gasteiger partial charge is 0.260 e. The van der Waals surface area contributed by atoms with Gasteiger partial charge >= 0.3 is 0 Å². The fourth-order valence-electron chi connectivity index (χ4n) is 3.24. The Morgan fingerprint density at radius 3 is 3.06 bits per heavy atom. The molecular weight excluding hydrogens is 230 g/mol. The number of pyridine rings is 1. The number of H-pyrrole nitrogens is 1. The van der Waals surface area contributed by atoms with Gasteiger partial charge in [-0.1, -0.05) is 0 Å². The molecule has 1 aromatic heterocycles. The zero-order valence-electron chi connectivity index (χ0n) is 10.3. The average Bonchev–Trinajstić information content (AvgIpc) is 2.88. The number of hydrogen-bond acceptors (Lipinski definition) is 3. The Kier molecular flexibility index (Phi) is 2.70. The van der Waals surface area contributed by atoms with Crippen molar-refractivity contribution >= 4 is 5.91 Å². The van der Waals surface area contributed by atoms with Crippen LogP contribution in [0.3, 0.4) is 0 Å². The highest BCUT2D eigenvalue weighted by molar-refractivity contribution is 5.94. The molecule has 3 heterocycles. The van der Waals surface area contributed by atoms with Gasteiger partial charge in [0, 0.05) is 31.4 Å². The Balaban J connectivity index is 1.93. The minimum Gasteiger partial charge on any atom is -0.331 e. The zero-order chi connectivity index (χ0) is 12.7. The predicted molar refractivity (Wildman–Crippen MR) is 67.5 cm³/mol. The van der Waals surface area contributed by atoms with Gasteiger partial charge in [-0.2, -0.15) is 0 Å². The van der Waals surface area contributed by atoms with Gasteiger partial charge in [-0.3, -0.25) is 9.59 Å². The third-order valence-electron chi connectivity index (χ3n) is 4.06. The van der Waals surface area contributed by atoms with Crippen LogP contribution in [-0.2, 0) is 0 Å². The molecule has 0 aromatic carbocycles. The molecule has 2 aliphatic rings. The standard InChI is InChI=1S/C13H17N3O2/c1-8-5-9-6-14-7-11(9)16(8)13(18)10-3-2-4-15-12(10)17/h2-4,8-9,11,14H,5-7H2,1H3,(H,15,17). The van der Waals surface area contributed by atoms with Crippen molar-refractivity contribution in [2.45, 2.75) is 25.4 Å². The Morgan fingerprint density at radius 2 is 2.28 bits per heavy atom. The number of fused-ring (bicyclic) bond motifs is 1. The number of rotatable bonds is 1. The Bertz CT molecular complexity index is 525.